The van der Waals surface area contributed by atoms with Crippen molar-refractivity contribution in [1.82, 2.24) is 0 Å². The van der Waals surface area contributed by atoms with Crippen LogP contribution < -0.4 is 0 Å². The van der Waals surface area contributed by atoms with Crippen molar-refractivity contribution in [2.24, 2.45) is 11.8 Å². The molecule has 0 radical (unpaired) electrons. The van der Waals surface area contributed by atoms with E-state index >= 15 is 0 Å². The topological polar surface area (TPSA) is 0 Å². The molecule has 0 atom stereocenters. The normalized spacial score (nSPS) is 18.0. The van der Waals surface area contributed by atoms with Crippen LogP contribution in [0.4, 0.5) is 4.39 Å². The smallest absolute Gasteiger partial charge is 0.127 e. The summed E-state index contributed by atoms with van der Waals surface area (Å²) < 4.78 is 14.5. The molecule has 178 valence electrons. The van der Waals surface area contributed by atoms with Crippen LogP contribution in [0.3, 0.4) is 0 Å². The zero-order chi connectivity index (χ0) is 23.3. The van der Waals surface area contributed by atoms with E-state index in [1.54, 1.807) is 6.07 Å². The highest BCUT2D eigenvalue weighted by Gasteiger charge is 2.19. The Morgan fingerprint density at radius 2 is 1.42 bits per heavy atom. The van der Waals surface area contributed by atoms with Crippen LogP contribution >= 0.6 is 0 Å². The number of benzene rings is 2. The van der Waals surface area contributed by atoms with E-state index in [-0.39, 0.29) is 5.82 Å². The Kier molecular flexibility index (Phi) is 11.0. The highest BCUT2D eigenvalue weighted by Crippen LogP contribution is 2.32. The van der Waals surface area contributed by atoms with Crippen molar-refractivity contribution in [2.75, 3.05) is 0 Å². The minimum Gasteiger partial charge on any atom is -0.207 e. The molecule has 2 aromatic rings. The van der Waals surface area contributed by atoms with Crippen molar-refractivity contribution in [3.05, 3.63) is 59.4 Å². The van der Waals surface area contributed by atoms with Crippen LogP contribution in [0, 0.1) is 29.5 Å². The molecule has 0 heterocycles. The van der Waals surface area contributed by atoms with Crippen LogP contribution in [0.2, 0.25) is 0 Å². The monoisotopic (exact) mass is 446 g/mol. The van der Waals surface area contributed by atoms with Gasteiger partial charge in [-0.15, -0.1) is 0 Å². The molecule has 0 aliphatic heterocycles. The third-order valence-electron chi connectivity index (χ3n) is 7.30. The summed E-state index contributed by atoms with van der Waals surface area (Å²) in [5.41, 5.74) is 3.90. The zero-order valence-corrected chi connectivity index (χ0v) is 21.0. The molecule has 1 fully saturated rings. The number of rotatable bonds is 11. The zero-order valence-electron chi connectivity index (χ0n) is 21.0. The van der Waals surface area contributed by atoms with Gasteiger partial charge in [-0.25, -0.2) is 4.39 Å². The van der Waals surface area contributed by atoms with Gasteiger partial charge in [0.25, 0.3) is 0 Å². The van der Waals surface area contributed by atoms with E-state index in [0.717, 1.165) is 53.9 Å². The van der Waals surface area contributed by atoms with Gasteiger partial charge in [0.2, 0.25) is 0 Å². The van der Waals surface area contributed by atoms with Gasteiger partial charge in [0.1, 0.15) is 5.82 Å². The molecule has 1 saturated carbocycles. The predicted molar refractivity (Wildman–Crippen MR) is 141 cm³/mol. The van der Waals surface area contributed by atoms with Crippen LogP contribution in [0.25, 0.3) is 11.1 Å². The summed E-state index contributed by atoms with van der Waals surface area (Å²) >= 11 is 0. The maximum absolute atomic E-state index is 14.5. The Hall–Kier alpha value is -2.07. The third kappa shape index (κ3) is 8.66. The summed E-state index contributed by atoms with van der Waals surface area (Å²) in [6, 6.07) is 14.0. The second-order valence-corrected chi connectivity index (χ2v) is 10.0. The molecule has 0 bridgehead atoms. The second kappa shape index (κ2) is 14.2. The van der Waals surface area contributed by atoms with Crippen LogP contribution in [0.1, 0.15) is 108 Å². The number of hydrogen-bond donors (Lipinski definition) is 0. The minimum absolute atomic E-state index is 0.0796. The maximum atomic E-state index is 14.5. The number of hydrogen-bond acceptors (Lipinski definition) is 0. The van der Waals surface area contributed by atoms with E-state index in [1.807, 2.05) is 12.1 Å². The van der Waals surface area contributed by atoms with E-state index in [2.05, 4.69) is 50.0 Å². The Morgan fingerprint density at radius 3 is 2.12 bits per heavy atom. The fraction of sp³-hybridized carbons (Fsp3) is 0.562. The average molecular weight is 447 g/mol. The molecule has 0 N–H and O–H groups in total. The summed E-state index contributed by atoms with van der Waals surface area (Å²) in [7, 11) is 0. The Balaban J connectivity index is 1.46. The fourth-order valence-electron chi connectivity index (χ4n) is 5.06. The van der Waals surface area contributed by atoms with Crippen molar-refractivity contribution in [1.29, 1.82) is 0 Å². The molecule has 0 unspecified atom stereocenters. The Labute approximate surface area is 202 Å². The lowest BCUT2D eigenvalue weighted by Crippen LogP contribution is -2.13. The maximum Gasteiger partial charge on any atom is 0.127 e. The van der Waals surface area contributed by atoms with Gasteiger partial charge in [0.05, 0.1) is 0 Å². The number of unbranched alkanes of at least 4 members (excludes halogenated alkanes) is 6. The fourth-order valence-corrected chi connectivity index (χ4v) is 5.06. The highest BCUT2D eigenvalue weighted by molar-refractivity contribution is 5.65. The molecule has 0 nitrogen and oxygen atoms in total. The number of aryl methyl sites for hydroxylation is 1. The van der Waals surface area contributed by atoms with Crippen molar-refractivity contribution in [2.45, 2.75) is 104 Å². The van der Waals surface area contributed by atoms with Crippen LogP contribution in [0.15, 0.2) is 42.5 Å². The van der Waals surface area contributed by atoms with Gasteiger partial charge in [0, 0.05) is 11.5 Å². The molecule has 2 aromatic carbocycles. The molecule has 3 rings (SSSR count). The Bertz CT molecular complexity index is 875. The van der Waals surface area contributed by atoms with E-state index in [9.17, 15) is 4.39 Å². The summed E-state index contributed by atoms with van der Waals surface area (Å²) in [5, 5.41) is 0. The summed E-state index contributed by atoms with van der Waals surface area (Å²) in [4.78, 5) is 0. The van der Waals surface area contributed by atoms with E-state index in [4.69, 9.17) is 0 Å². The summed E-state index contributed by atoms with van der Waals surface area (Å²) in [6.07, 6.45) is 17.8. The van der Waals surface area contributed by atoms with Gasteiger partial charge in [-0.3, -0.25) is 0 Å². The van der Waals surface area contributed by atoms with E-state index in [1.165, 1.54) is 64.2 Å². The SMILES string of the molecule is CCCCCCCC1CCC(C#Cc2ccc(-c3ccc(CCCCC)c(F)c3)cc2)CC1. The molecule has 0 saturated heterocycles. The molecular formula is C32H43F. The number of halogens is 1. The standard InChI is InChI=1S/C32H43F/c1-3-5-7-8-10-11-26-13-15-27(16-14-26)17-18-28-19-21-29(22-20-28)31-24-23-30(32(33)25-31)12-9-6-4-2/h19-27H,3-16H2,1-2H3. The molecule has 33 heavy (non-hydrogen) atoms. The summed E-state index contributed by atoms with van der Waals surface area (Å²) in [5.74, 6) is 8.34. The largest absolute Gasteiger partial charge is 0.207 e. The van der Waals surface area contributed by atoms with Crippen LogP contribution in [-0.2, 0) is 6.42 Å². The van der Waals surface area contributed by atoms with Crippen molar-refractivity contribution < 1.29 is 4.39 Å². The molecule has 1 aliphatic rings. The average Bonchev–Trinajstić information content (AvgIpc) is 2.85. The van der Waals surface area contributed by atoms with Gasteiger partial charge in [-0.1, -0.05) is 101 Å². The molecule has 0 spiro atoms. The van der Waals surface area contributed by atoms with Crippen molar-refractivity contribution in [3.63, 3.8) is 0 Å². The lowest BCUT2D eigenvalue weighted by atomic mass is 9.80. The summed E-state index contributed by atoms with van der Waals surface area (Å²) in [6.45, 7) is 4.46. The lowest BCUT2D eigenvalue weighted by Gasteiger charge is -2.25. The first-order valence-corrected chi connectivity index (χ1v) is 13.6. The van der Waals surface area contributed by atoms with E-state index in [0.29, 0.717) is 5.92 Å². The first kappa shape index (κ1) is 25.6. The lowest BCUT2D eigenvalue weighted by molar-refractivity contribution is 0.294. The third-order valence-corrected chi connectivity index (χ3v) is 7.30. The first-order chi connectivity index (χ1) is 16.2. The highest BCUT2D eigenvalue weighted by atomic mass is 19.1. The predicted octanol–water partition coefficient (Wildman–Crippen LogP) is 9.74. The van der Waals surface area contributed by atoms with Crippen molar-refractivity contribution >= 4 is 0 Å². The quantitative estimate of drug-likeness (QED) is 0.238. The van der Waals surface area contributed by atoms with Gasteiger partial charge < -0.3 is 0 Å². The van der Waals surface area contributed by atoms with Crippen molar-refractivity contribution in [3.8, 4) is 23.0 Å². The van der Waals surface area contributed by atoms with Crippen LogP contribution in [-0.4, -0.2) is 0 Å². The molecular weight excluding hydrogens is 403 g/mol. The second-order valence-electron chi connectivity index (χ2n) is 10.0. The van der Waals surface area contributed by atoms with Gasteiger partial charge in [0.15, 0.2) is 0 Å². The molecule has 0 amide bonds. The first-order valence-electron chi connectivity index (χ1n) is 13.6. The van der Waals surface area contributed by atoms with Crippen LogP contribution in [0.5, 0.6) is 0 Å². The van der Waals surface area contributed by atoms with Gasteiger partial charge >= 0.3 is 0 Å². The van der Waals surface area contributed by atoms with Gasteiger partial charge in [-0.05, 0) is 79.3 Å². The van der Waals surface area contributed by atoms with Gasteiger partial charge in [-0.2, -0.15) is 0 Å². The molecule has 1 aliphatic carbocycles. The Morgan fingerprint density at radius 1 is 0.758 bits per heavy atom. The molecule has 1 heteroatoms. The molecule has 0 aromatic heterocycles. The minimum atomic E-state index is -0.0796. The van der Waals surface area contributed by atoms with E-state index < -0.39 is 0 Å².